The Morgan fingerprint density at radius 2 is 2.06 bits per heavy atom. The Morgan fingerprint density at radius 3 is 2.59 bits per heavy atom. The molecule has 1 aromatic carbocycles. The van der Waals surface area contributed by atoms with Crippen LogP contribution < -0.4 is 14.8 Å². The van der Waals surface area contributed by atoms with Crippen molar-refractivity contribution in [2.45, 2.75) is 6.92 Å². The minimum absolute atomic E-state index is 0.0941. The topological polar surface area (TPSA) is 67.8 Å². The molecule has 0 radical (unpaired) electrons. The van der Waals surface area contributed by atoms with Gasteiger partial charge in [0.15, 0.2) is 0 Å². The largest absolute Gasteiger partial charge is 0.496 e. The SMILES string of the molecule is COc1ccc(C(=O)NCCO)c(OC)c1C. The number of benzene rings is 1. The predicted molar refractivity (Wildman–Crippen MR) is 63.7 cm³/mol. The highest BCUT2D eigenvalue weighted by atomic mass is 16.5. The molecule has 5 heteroatoms. The van der Waals surface area contributed by atoms with Crippen molar-refractivity contribution in [3.63, 3.8) is 0 Å². The molecule has 0 saturated heterocycles. The lowest BCUT2D eigenvalue weighted by molar-refractivity contribution is 0.0941. The number of amides is 1. The fourth-order valence-corrected chi connectivity index (χ4v) is 1.60. The van der Waals surface area contributed by atoms with Crippen molar-refractivity contribution in [2.24, 2.45) is 0 Å². The van der Waals surface area contributed by atoms with Gasteiger partial charge >= 0.3 is 0 Å². The van der Waals surface area contributed by atoms with Crippen molar-refractivity contribution in [2.75, 3.05) is 27.4 Å². The van der Waals surface area contributed by atoms with Crippen LogP contribution in [0.3, 0.4) is 0 Å². The Kier molecular flexibility index (Phi) is 4.78. The molecule has 17 heavy (non-hydrogen) atoms. The number of hydrogen-bond acceptors (Lipinski definition) is 4. The number of ether oxygens (including phenoxy) is 2. The molecule has 0 aliphatic carbocycles. The fraction of sp³-hybridized carbons (Fsp3) is 0.417. The van der Waals surface area contributed by atoms with Crippen molar-refractivity contribution in [1.82, 2.24) is 5.32 Å². The summed E-state index contributed by atoms with van der Waals surface area (Å²) in [5.74, 6) is 0.877. The molecule has 1 rings (SSSR count). The van der Waals surface area contributed by atoms with Gasteiger partial charge in [-0.25, -0.2) is 0 Å². The maximum absolute atomic E-state index is 11.8. The van der Waals surface area contributed by atoms with E-state index in [1.54, 1.807) is 19.2 Å². The molecule has 0 heterocycles. The number of nitrogens with one attached hydrogen (secondary N) is 1. The molecular weight excluding hydrogens is 222 g/mol. The van der Waals surface area contributed by atoms with Crippen molar-refractivity contribution >= 4 is 5.91 Å². The lowest BCUT2D eigenvalue weighted by Crippen LogP contribution is -2.26. The van der Waals surface area contributed by atoms with Crippen LogP contribution in [-0.2, 0) is 0 Å². The van der Waals surface area contributed by atoms with Crippen LogP contribution in [0.2, 0.25) is 0 Å². The molecule has 0 aliphatic rings. The van der Waals surface area contributed by atoms with Gasteiger partial charge in [-0.1, -0.05) is 0 Å². The molecule has 1 amide bonds. The zero-order valence-corrected chi connectivity index (χ0v) is 10.2. The van der Waals surface area contributed by atoms with Crippen LogP contribution in [-0.4, -0.2) is 38.4 Å². The molecule has 0 spiro atoms. The zero-order chi connectivity index (χ0) is 12.8. The van der Waals surface area contributed by atoms with Crippen LogP contribution in [0.25, 0.3) is 0 Å². The third kappa shape index (κ3) is 2.88. The Hall–Kier alpha value is -1.75. The van der Waals surface area contributed by atoms with Gasteiger partial charge in [0.2, 0.25) is 0 Å². The smallest absolute Gasteiger partial charge is 0.255 e. The summed E-state index contributed by atoms with van der Waals surface area (Å²) in [6.07, 6.45) is 0. The van der Waals surface area contributed by atoms with E-state index < -0.39 is 0 Å². The number of aliphatic hydroxyl groups is 1. The Balaban J connectivity index is 3.07. The first-order valence-corrected chi connectivity index (χ1v) is 5.26. The van der Waals surface area contributed by atoms with E-state index in [0.717, 1.165) is 5.56 Å². The Bertz CT molecular complexity index is 404. The highest BCUT2D eigenvalue weighted by Crippen LogP contribution is 2.31. The second-order valence-corrected chi connectivity index (χ2v) is 3.45. The van der Waals surface area contributed by atoms with Gasteiger partial charge in [-0.3, -0.25) is 4.79 Å². The number of methoxy groups -OCH3 is 2. The van der Waals surface area contributed by atoms with E-state index in [0.29, 0.717) is 17.1 Å². The molecule has 1 aromatic rings. The number of rotatable bonds is 5. The summed E-state index contributed by atoms with van der Waals surface area (Å²) in [6, 6.07) is 3.35. The number of aliphatic hydroxyl groups excluding tert-OH is 1. The Labute approximate surface area is 100 Å². The summed E-state index contributed by atoms with van der Waals surface area (Å²) in [6.45, 7) is 1.94. The summed E-state index contributed by atoms with van der Waals surface area (Å²) < 4.78 is 10.4. The molecule has 0 saturated carbocycles. The quantitative estimate of drug-likeness (QED) is 0.795. The van der Waals surface area contributed by atoms with Gasteiger partial charge in [-0.15, -0.1) is 0 Å². The zero-order valence-electron chi connectivity index (χ0n) is 10.2. The first kappa shape index (κ1) is 13.3. The Morgan fingerprint density at radius 1 is 1.35 bits per heavy atom. The standard InChI is InChI=1S/C12H17NO4/c1-8-10(16-2)5-4-9(11(8)17-3)12(15)13-6-7-14/h4-5,14H,6-7H2,1-3H3,(H,13,15). The molecule has 0 atom stereocenters. The normalized spacial score (nSPS) is 9.88. The van der Waals surface area contributed by atoms with E-state index in [4.69, 9.17) is 14.6 Å². The molecule has 94 valence electrons. The maximum atomic E-state index is 11.8. The van der Waals surface area contributed by atoms with E-state index in [1.807, 2.05) is 6.92 Å². The third-order valence-electron chi connectivity index (χ3n) is 2.42. The molecule has 0 aliphatic heterocycles. The number of carbonyl (C=O) groups is 1. The molecule has 0 unspecified atom stereocenters. The highest BCUT2D eigenvalue weighted by Gasteiger charge is 2.16. The summed E-state index contributed by atoms with van der Waals surface area (Å²) in [4.78, 5) is 11.8. The minimum atomic E-state index is -0.276. The van der Waals surface area contributed by atoms with E-state index in [-0.39, 0.29) is 19.1 Å². The van der Waals surface area contributed by atoms with Gasteiger partial charge in [-0.2, -0.15) is 0 Å². The van der Waals surface area contributed by atoms with E-state index >= 15 is 0 Å². The van der Waals surface area contributed by atoms with Crippen molar-refractivity contribution in [3.05, 3.63) is 23.3 Å². The van der Waals surface area contributed by atoms with Crippen molar-refractivity contribution < 1.29 is 19.4 Å². The molecule has 0 fully saturated rings. The van der Waals surface area contributed by atoms with E-state index in [9.17, 15) is 4.79 Å². The first-order chi connectivity index (χ1) is 8.15. The third-order valence-corrected chi connectivity index (χ3v) is 2.42. The maximum Gasteiger partial charge on any atom is 0.255 e. The van der Waals surface area contributed by atoms with Crippen molar-refractivity contribution in [3.8, 4) is 11.5 Å². The summed E-state index contributed by atoms with van der Waals surface area (Å²) >= 11 is 0. The molecule has 5 nitrogen and oxygen atoms in total. The van der Waals surface area contributed by atoms with Crippen LogP contribution in [0, 0.1) is 6.92 Å². The van der Waals surface area contributed by atoms with Gasteiger partial charge in [0.1, 0.15) is 11.5 Å². The predicted octanol–water partition coefficient (Wildman–Crippen LogP) is 0.734. The second-order valence-electron chi connectivity index (χ2n) is 3.45. The lowest BCUT2D eigenvalue weighted by atomic mass is 10.1. The monoisotopic (exact) mass is 239 g/mol. The molecule has 0 aromatic heterocycles. The van der Waals surface area contributed by atoms with Gasteiger partial charge in [-0.05, 0) is 19.1 Å². The van der Waals surface area contributed by atoms with Gasteiger partial charge in [0.25, 0.3) is 5.91 Å². The van der Waals surface area contributed by atoms with Crippen molar-refractivity contribution in [1.29, 1.82) is 0 Å². The van der Waals surface area contributed by atoms with Crippen LogP contribution in [0.1, 0.15) is 15.9 Å². The highest BCUT2D eigenvalue weighted by molar-refractivity contribution is 5.97. The van der Waals surface area contributed by atoms with Crippen LogP contribution in [0.4, 0.5) is 0 Å². The minimum Gasteiger partial charge on any atom is -0.496 e. The summed E-state index contributed by atoms with van der Waals surface area (Å²) in [5.41, 5.74) is 1.20. The summed E-state index contributed by atoms with van der Waals surface area (Å²) in [7, 11) is 3.07. The van der Waals surface area contributed by atoms with E-state index in [2.05, 4.69) is 5.32 Å². The average molecular weight is 239 g/mol. The fourth-order valence-electron chi connectivity index (χ4n) is 1.60. The van der Waals surface area contributed by atoms with Crippen LogP contribution in [0.15, 0.2) is 12.1 Å². The van der Waals surface area contributed by atoms with Gasteiger partial charge in [0, 0.05) is 12.1 Å². The van der Waals surface area contributed by atoms with Gasteiger partial charge in [0.05, 0.1) is 26.4 Å². The molecular formula is C12H17NO4. The van der Waals surface area contributed by atoms with Gasteiger partial charge < -0.3 is 19.9 Å². The van der Waals surface area contributed by atoms with Crippen LogP contribution in [0.5, 0.6) is 11.5 Å². The molecule has 0 bridgehead atoms. The van der Waals surface area contributed by atoms with E-state index in [1.165, 1.54) is 7.11 Å². The lowest BCUT2D eigenvalue weighted by Gasteiger charge is -2.14. The summed E-state index contributed by atoms with van der Waals surface area (Å²) in [5, 5.41) is 11.2. The number of hydrogen-bond donors (Lipinski definition) is 2. The first-order valence-electron chi connectivity index (χ1n) is 5.26. The number of carbonyl (C=O) groups excluding carboxylic acids is 1. The van der Waals surface area contributed by atoms with Crippen LogP contribution >= 0.6 is 0 Å². The average Bonchev–Trinajstić information content (AvgIpc) is 2.35. The molecule has 2 N–H and O–H groups in total. The second kappa shape index (κ2) is 6.10.